The van der Waals surface area contributed by atoms with E-state index in [2.05, 4.69) is 12.2 Å². The molecular weight excluding hydrogens is 312 g/mol. The first kappa shape index (κ1) is 17.5. The second-order valence-electron chi connectivity index (χ2n) is 6.96. The first-order valence-corrected chi connectivity index (χ1v) is 9.09. The van der Waals surface area contributed by atoms with E-state index >= 15 is 0 Å². The molecule has 2 aromatic carbocycles. The Balaban J connectivity index is 1.44. The molecule has 0 unspecified atom stereocenters. The Morgan fingerprint density at radius 2 is 1.76 bits per heavy atom. The van der Waals surface area contributed by atoms with E-state index in [1.165, 1.54) is 17.7 Å². The largest absolute Gasteiger partial charge is 0.489 e. The number of amides is 1. The van der Waals surface area contributed by atoms with Gasteiger partial charge in [0.05, 0.1) is 13.1 Å². The van der Waals surface area contributed by atoms with Crippen molar-refractivity contribution in [3.8, 4) is 5.75 Å². The molecule has 0 spiro atoms. The molecule has 4 heteroatoms. The molecule has 1 heterocycles. The summed E-state index contributed by atoms with van der Waals surface area (Å²) in [5.41, 5.74) is 1.96. The van der Waals surface area contributed by atoms with Crippen molar-refractivity contribution < 1.29 is 14.4 Å². The van der Waals surface area contributed by atoms with Gasteiger partial charge in [-0.2, -0.15) is 0 Å². The highest BCUT2D eigenvalue weighted by atomic mass is 16.5. The van der Waals surface area contributed by atoms with Crippen LogP contribution < -0.4 is 15.0 Å². The Hall–Kier alpha value is -2.33. The zero-order chi connectivity index (χ0) is 17.5. The van der Waals surface area contributed by atoms with Gasteiger partial charge in [0, 0.05) is 5.69 Å². The summed E-state index contributed by atoms with van der Waals surface area (Å²) in [5, 5.41) is 2.99. The van der Waals surface area contributed by atoms with E-state index in [9.17, 15) is 4.79 Å². The molecule has 132 valence electrons. The maximum Gasteiger partial charge on any atom is 0.279 e. The smallest absolute Gasteiger partial charge is 0.279 e. The third kappa shape index (κ3) is 5.61. The summed E-state index contributed by atoms with van der Waals surface area (Å²) in [7, 11) is 0. The van der Waals surface area contributed by atoms with Gasteiger partial charge >= 0.3 is 0 Å². The quantitative estimate of drug-likeness (QED) is 0.849. The third-order valence-electron chi connectivity index (χ3n) is 4.78. The Kier molecular flexibility index (Phi) is 6.07. The van der Waals surface area contributed by atoms with E-state index in [4.69, 9.17) is 4.74 Å². The number of rotatable bonds is 6. The molecule has 4 nitrogen and oxygen atoms in total. The van der Waals surface area contributed by atoms with E-state index in [0.717, 1.165) is 36.0 Å². The fourth-order valence-corrected chi connectivity index (χ4v) is 3.15. The number of benzene rings is 2. The van der Waals surface area contributed by atoms with Crippen LogP contribution in [0.3, 0.4) is 0 Å². The van der Waals surface area contributed by atoms with Crippen LogP contribution in [0.25, 0.3) is 0 Å². The van der Waals surface area contributed by atoms with Gasteiger partial charge in [-0.3, -0.25) is 4.79 Å². The lowest BCUT2D eigenvalue weighted by molar-refractivity contribution is -0.897. The van der Waals surface area contributed by atoms with E-state index in [-0.39, 0.29) is 5.91 Å². The normalized spacial score (nSPS) is 20.0. The monoisotopic (exact) mass is 339 g/mol. The Morgan fingerprint density at radius 3 is 2.44 bits per heavy atom. The van der Waals surface area contributed by atoms with Crippen LogP contribution in [0.2, 0.25) is 0 Å². The molecule has 1 aliphatic heterocycles. The number of carbonyl (C=O) groups is 1. The van der Waals surface area contributed by atoms with Crippen molar-refractivity contribution in [2.75, 3.05) is 25.0 Å². The van der Waals surface area contributed by atoms with E-state index in [1.807, 2.05) is 54.6 Å². The lowest BCUT2D eigenvalue weighted by Crippen LogP contribution is -3.14. The number of nitrogens with one attached hydrogen (secondary N) is 2. The summed E-state index contributed by atoms with van der Waals surface area (Å²) in [4.78, 5) is 13.6. The fourth-order valence-electron chi connectivity index (χ4n) is 3.15. The van der Waals surface area contributed by atoms with E-state index in [1.54, 1.807) is 0 Å². The van der Waals surface area contributed by atoms with E-state index < -0.39 is 0 Å². The minimum absolute atomic E-state index is 0.0857. The van der Waals surface area contributed by atoms with Gasteiger partial charge < -0.3 is 15.0 Å². The Bertz CT molecular complexity index is 662. The molecule has 0 aromatic heterocycles. The molecule has 0 atom stereocenters. The van der Waals surface area contributed by atoms with Crippen molar-refractivity contribution in [2.24, 2.45) is 5.92 Å². The maximum absolute atomic E-state index is 12.2. The molecule has 0 aliphatic carbocycles. The summed E-state index contributed by atoms with van der Waals surface area (Å²) in [6.07, 6.45) is 2.44. The molecule has 1 amide bonds. The molecular formula is C21H27N2O2+. The predicted octanol–water partition coefficient (Wildman–Crippen LogP) is 2.52. The first-order chi connectivity index (χ1) is 12.2. The van der Waals surface area contributed by atoms with Gasteiger partial charge in [0.2, 0.25) is 0 Å². The minimum Gasteiger partial charge on any atom is -0.489 e. The topological polar surface area (TPSA) is 42.8 Å². The van der Waals surface area contributed by atoms with Crippen LogP contribution in [0.15, 0.2) is 54.6 Å². The van der Waals surface area contributed by atoms with Crippen LogP contribution in [0.5, 0.6) is 5.75 Å². The van der Waals surface area contributed by atoms with Gasteiger partial charge in [-0.1, -0.05) is 37.3 Å². The van der Waals surface area contributed by atoms with Gasteiger partial charge in [-0.15, -0.1) is 0 Å². The van der Waals surface area contributed by atoms with E-state index in [0.29, 0.717) is 13.2 Å². The number of quaternary nitrogens is 1. The Morgan fingerprint density at radius 1 is 1.08 bits per heavy atom. The number of piperidine rings is 1. The lowest BCUT2D eigenvalue weighted by Gasteiger charge is -2.26. The lowest BCUT2D eigenvalue weighted by atomic mass is 9.99. The molecule has 2 aromatic rings. The summed E-state index contributed by atoms with van der Waals surface area (Å²) in [6.45, 7) is 5.59. The fraction of sp³-hybridized carbons (Fsp3) is 0.381. The predicted molar refractivity (Wildman–Crippen MR) is 99.8 cm³/mol. The summed E-state index contributed by atoms with van der Waals surface area (Å²) >= 11 is 0. The van der Waals surface area contributed by atoms with Gasteiger partial charge in [0.1, 0.15) is 12.4 Å². The van der Waals surface area contributed by atoms with Gasteiger partial charge in [-0.25, -0.2) is 0 Å². The molecule has 3 rings (SSSR count). The maximum atomic E-state index is 12.2. The van der Waals surface area contributed by atoms with Crippen molar-refractivity contribution in [3.05, 3.63) is 60.2 Å². The molecule has 25 heavy (non-hydrogen) atoms. The molecule has 0 bridgehead atoms. The molecule has 0 radical (unpaired) electrons. The van der Waals surface area contributed by atoms with Crippen LogP contribution in [0.4, 0.5) is 5.69 Å². The number of hydrogen-bond acceptors (Lipinski definition) is 2. The Labute approximate surface area is 149 Å². The molecule has 2 N–H and O–H groups in total. The number of carbonyl (C=O) groups excluding carboxylic acids is 1. The highest BCUT2D eigenvalue weighted by Gasteiger charge is 2.21. The average molecular weight is 339 g/mol. The standard InChI is InChI=1S/C21H26N2O2/c1-17-11-13-23(14-12-17)15-21(24)22-19-7-9-20(10-8-19)25-16-18-5-3-2-4-6-18/h2-10,17H,11-16H2,1H3,(H,22,24)/p+1. The third-order valence-corrected chi connectivity index (χ3v) is 4.78. The average Bonchev–Trinajstić information content (AvgIpc) is 2.64. The molecule has 1 fully saturated rings. The van der Waals surface area contributed by atoms with Gasteiger partial charge in [0.25, 0.3) is 5.91 Å². The first-order valence-electron chi connectivity index (χ1n) is 9.09. The highest BCUT2D eigenvalue weighted by Crippen LogP contribution is 2.17. The van der Waals surface area contributed by atoms with Crippen LogP contribution in [0, 0.1) is 5.92 Å². The van der Waals surface area contributed by atoms with Crippen molar-refractivity contribution in [3.63, 3.8) is 0 Å². The van der Waals surface area contributed by atoms with Crippen molar-refractivity contribution in [2.45, 2.75) is 26.4 Å². The molecule has 1 aliphatic rings. The van der Waals surface area contributed by atoms with Crippen LogP contribution >= 0.6 is 0 Å². The zero-order valence-corrected chi connectivity index (χ0v) is 14.8. The molecule has 0 saturated carbocycles. The zero-order valence-electron chi connectivity index (χ0n) is 14.8. The number of anilines is 1. The minimum atomic E-state index is 0.0857. The van der Waals surface area contributed by atoms with Crippen LogP contribution in [-0.2, 0) is 11.4 Å². The second kappa shape index (κ2) is 8.67. The number of likely N-dealkylation sites (tertiary alicyclic amines) is 1. The SMILES string of the molecule is CC1CC[NH+](CC(=O)Nc2ccc(OCc3ccccc3)cc2)CC1. The van der Waals surface area contributed by atoms with Gasteiger partial charge in [-0.05, 0) is 48.6 Å². The van der Waals surface area contributed by atoms with Crippen molar-refractivity contribution in [1.82, 2.24) is 0 Å². The number of hydrogen-bond donors (Lipinski definition) is 2. The van der Waals surface area contributed by atoms with Crippen molar-refractivity contribution in [1.29, 1.82) is 0 Å². The second-order valence-corrected chi connectivity index (χ2v) is 6.96. The van der Waals surface area contributed by atoms with Gasteiger partial charge in [0.15, 0.2) is 6.54 Å². The number of ether oxygens (including phenoxy) is 1. The summed E-state index contributed by atoms with van der Waals surface area (Å²) in [6, 6.07) is 17.7. The molecule has 1 saturated heterocycles. The summed E-state index contributed by atoms with van der Waals surface area (Å²) in [5.74, 6) is 1.69. The van der Waals surface area contributed by atoms with Crippen molar-refractivity contribution >= 4 is 11.6 Å². The summed E-state index contributed by atoms with van der Waals surface area (Å²) < 4.78 is 5.77. The van der Waals surface area contributed by atoms with Crippen LogP contribution in [-0.4, -0.2) is 25.5 Å². The highest BCUT2D eigenvalue weighted by molar-refractivity contribution is 5.91. The van der Waals surface area contributed by atoms with Crippen LogP contribution in [0.1, 0.15) is 25.3 Å².